The van der Waals surface area contributed by atoms with E-state index in [1.807, 2.05) is 12.1 Å². The number of Topliss-reactive ketones (excluding diaryl/α,β-unsaturated/α-hetero) is 1. The van der Waals surface area contributed by atoms with Crippen LogP contribution in [0.4, 0.5) is 5.69 Å². The molecule has 0 atom stereocenters. The minimum Gasteiger partial charge on any atom is -0.345 e. The molecular formula is C11H9N3O. The van der Waals surface area contributed by atoms with Gasteiger partial charge in [-0.05, 0) is 19.1 Å². The third-order valence-corrected chi connectivity index (χ3v) is 2.70. The fraction of sp³-hybridized carbons (Fsp3) is 0.182. The normalized spacial score (nSPS) is 15.3. The van der Waals surface area contributed by atoms with Crippen molar-refractivity contribution in [2.75, 3.05) is 0 Å². The van der Waals surface area contributed by atoms with Gasteiger partial charge < -0.3 is 4.98 Å². The number of imidazole rings is 1. The summed E-state index contributed by atoms with van der Waals surface area (Å²) < 4.78 is 0. The maximum absolute atomic E-state index is 11.6. The van der Waals surface area contributed by atoms with E-state index in [0.717, 1.165) is 22.3 Å². The van der Waals surface area contributed by atoms with Gasteiger partial charge in [0.05, 0.1) is 28.8 Å². The number of hydrogen-bond donors (Lipinski definition) is 1. The first-order valence-electron chi connectivity index (χ1n) is 4.79. The zero-order chi connectivity index (χ0) is 10.4. The van der Waals surface area contributed by atoms with Crippen LogP contribution in [0.3, 0.4) is 0 Å². The van der Waals surface area contributed by atoms with Crippen molar-refractivity contribution in [2.45, 2.75) is 13.3 Å². The van der Waals surface area contributed by atoms with Gasteiger partial charge in [0.2, 0.25) is 0 Å². The molecule has 74 valence electrons. The molecule has 0 saturated carbocycles. The van der Waals surface area contributed by atoms with Crippen molar-refractivity contribution in [2.24, 2.45) is 4.99 Å². The van der Waals surface area contributed by atoms with Crippen LogP contribution >= 0.6 is 0 Å². The Hall–Kier alpha value is -1.97. The summed E-state index contributed by atoms with van der Waals surface area (Å²) in [6.45, 7) is 1.75. The molecule has 3 rings (SSSR count). The molecule has 2 heterocycles. The molecule has 4 heteroatoms. The average molecular weight is 199 g/mol. The minimum absolute atomic E-state index is 0.0815. The Kier molecular flexibility index (Phi) is 1.54. The Morgan fingerprint density at radius 1 is 1.40 bits per heavy atom. The van der Waals surface area contributed by atoms with Crippen molar-refractivity contribution >= 4 is 28.2 Å². The second-order valence-electron chi connectivity index (χ2n) is 3.66. The van der Waals surface area contributed by atoms with Crippen LogP contribution in [0, 0.1) is 0 Å². The van der Waals surface area contributed by atoms with Crippen molar-refractivity contribution in [1.82, 2.24) is 9.97 Å². The molecule has 1 aromatic carbocycles. The van der Waals surface area contributed by atoms with E-state index in [9.17, 15) is 4.79 Å². The monoisotopic (exact) mass is 199 g/mol. The fourth-order valence-electron chi connectivity index (χ4n) is 1.87. The lowest BCUT2D eigenvalue weighted by Gasteiger charge is -2.12. The number of aliphatic imine (C=N–C) groups is 1. The molecule has 0 unspecified atom stereocenters. The summed E-state index contributed by atoms with van der Waals surface area (Å²) >= 11 is 0. The van der Waals surface area contributed by atoms with Gasteiger partial charge in [0.25, 0.3) is 0 Å². The number of benzene rings is 1. The molecule has 0 amide bonds. The first kappa shape index (κ1) is 8.35. The molecule has 1 aliphatic rings. The number of ketones is 1. The molecule has 15 heavy (non-hydrogen) atoms. The Labute approximate surface area is 86.1 Å². The summed E-state index contributed by atoms with van der Waals surface area (Å²) in [6, 6.07) is 3.86. The van der Waals surface area contributed by atoms with E-state index in [0.29, 0.717) is 12.1 Å². The highest BCUT2D eigenvalue weighted by molar-refractivity contribution is 6.41. The summed E-state index contributed by atoms with van der Waals surface area (Å²) in [5, 5.41) is 0. The quantitative estimate of drug-likeness (QED) is 0.703. The smallest absolute Gasteiger partial charge is 0.181 e. The number of hydrogen-bond acceptors (Lipinski definition) is 3. The van der Waals surface area contributed by atoms with Crippen molar-refractivity contribution in [1.29, 1.82) is 0 Å². The van der Waals surface area contributed by atoms with Crippen molar-refractivity contribution in [3.63, 3.8) is 0 Å². The zero-order valence-electron chi connectivity index (χ0n) is 8.24. The van der Waals surface area contributed by atoms with Crippen LogP contribution in [0.5, 0.6) is 0 Å². The van der Waals surface area contributed by atoms with Crippen molar-refractivity contribution in [3.05, 3.63) is 24.0 Å². The lowest BCUT2D eigenvalue weighted by Crippen LogP contribution is -2.17. The van der Waals surface area contributed by atoms with Crippen LogP contribution in [0.25, 0.3) is 11.0 Å². The van der Waals surface area contributed by atoms with Crippen molar-refractivity contribution < 1.29 is 4.79 Å². The molecule has 1 aromatic heterocycles. The van der Waals surface area contributed by atoms with Crippen LogP contribution in [0.15, 0.2) is 23.5 Å². The Morgan fingerprint density at radius 3 is 3.13 bits per heavy atom. The van der Waals surface area contributed by atoms with Gasteiger partial charge in [-0.3, -0.25) is 4.79 Å². The molecule has 0 saturated heterocycles. The van der Waals surface area contributed by atoms with Crippen LogP contribution in [-0.2, 0) is 11.2 Å². The molecule has 4 nitrogen and oxygen atoms in total. The standard InChI is InChI=1S/C11H9N3O/c1-6-10(15)4-7-8(14-6)2-3-9-11(7)13-5-12-9/h2-3,5H,4H2,1H3,(H,12,13). The lowest BCUT2D eigenvalue weighted by atomic mass is 10.00. The highest BCUT2D eigenvalue weighted by Crippen LogP contribution is 2.29. The van der Waals surface area contributed by atoms with Gasteiger partial charge in [-0.1, -0.05) is 0 Å². The van der Waals surface area contributed by atoms with Gasteiger partial charge >= 0.3 is 0 Å². The molecule has 0 fully saturated rings. The van der Waals surface area contributed by atoms with E-state index in [-0.39, 0.29) is 5.78 Å². The van der Waals surface area contributed by atoms with E-state index < -0.39 is 0 Å². The first-order chi connectivity index (χ1) is 7.25. The first-order valence-corrected chi connectivity index (χ1v) is 4.79. The van der Waals surface area contributed by atoms with E-state index in [2.05, 4.69) is 15.0 Å². The third-order valence-electron chi connectivity index (χ3n) is 2.70. The fourth-order valence-corrected chi connectivity index (χ4v) is 1.87. The number of fused-ring (bicyclic) bond motifs is 3. The average Bonchev–Trinajstić information content (AvgIpc) is 2.68. The maximum Gasteiger partial charge on any atom is 0.181 e. The number of H-pyrrole nitrogens is 1. The SMILES string of the molecule is CC1=Nc2ccc3[nH]cnc3c2CC1=O. The largest absolute Gasteiger partial charge is 0.345 e. The summed E-state index contributed by atoms with van der Waals surface area (Å²) in [7, 11) is 0. The summed E-state index contributed by atoms with van der Waals surface area (Å²) in [5.41, 5.74) is 4.20. The van der Waals surface area contributed by atoms with Gasteiger partial charge in [-0.25, -0.2) is 9.98 Å². The third kappa shape index (κ3) is 1.11. The molecule has 1 N–H and O–H groups in total. The highest BCUT2D eigenvalue weighted by atomic mass is 16.1. The Bertz CT molecular complexity index is 595. The van der Waals surface area contributed by atoms with Gasteiger partial charge in [0.15, 0.2) is 5.78 Å². The Morgan fingerprint density at radius 2 is 2.27 bits per heavy atom. The van der Waals surface area contributed by atoms with Crippen LogP contribution < -0.4 is 0 Å². The molecule has 1 aliphatic heterocycles. The number of aromatic amines is 1. The van der Waals surface area contributed by atoms with Gasteiger partial charge in [-0.2, -0.15) is 0 Å². The molecular weight excluding hydrogens is 190 g/mol. The molecule has 2 aromatic rings. The molecule has 0 aliphatic carbocycles. The van der Waals surface area contributed by atoms with E-state index in [1.165, 1.54) is 0 Å². The zero-order valence-corrected chi connectivity index (χ0v) is 8.24. The number of rotatable bonds is 0. The highest BCUT2D eigenvalue weighted by Gasteiger charge is 2.19. The predicted molar refractivity (Wildman–Crippen MR) is 57.6 cm³/mol. The lowest BCUT2D eigenvalue weighted by molar-refractivity contribution is -0.112. The summed E-state index contributed by atoms with van der Waals surface area (Å²) in [4.78, 5) is 23.1. The molecule has 0 radical (unpaired) electrons. The summed E-state index contributed by atoms with van der Waals surface area (Å²) in [6.07, 6.45) is 2.05. The van der Waals surface area contributed by atoms with Crippen molar-refractivity contribution in [3.8, 4) is 0 Å². The van der Waals surface area contributed by atoms with Crippen LogP contribution in [0.1, 0.15) is 12.5 Å². The van der Waals surface area contributed by atoms with E-state index >= 15 is 0 Å². The second kappa shape index (κ2) is 2.76. The van der Waals surface area contributed by atoms with Gasteiger partial charge in [0, 0.05) is 12.0 Å². The molecule has 0 spiro atoms. The number of carbonyl (C=O) groups excluding carboxylic acids is 1. The summed E-state index contributed by atoms with van der Waals surface area (Å²) in [5.74, 6) is 0.0815. The number of nitrogens with one attached hydrogen (secondary N) is 1. The Balaban J connectivity index is 2.36. The van der Waals surface area contributed by atoms with Gasteiger partial charge in [-0.15, -0.1) is 0 Å². The number of aromatic nitrogens is 2. The van der Waals surface area contributed by atoms with Gasteiger partial charge in [0.1, 0.15) is 0 Å². The maximum atomic E-state index is 11.6. The second-order valence-corrected chi connectivity index (χ2v) is 3.66. The topological polar surface area (TPSA) is 58.1 Å². The van der Waals surface area contributed by atoms with E-state index in [1.54, 1.807) is 13.3 Å². The number of carbonyl (C=O) groups is 1. The van der Waals surface area contributed by atoms with Crippen LogP contribution in [0.2, 0.25) is 0 Å². The van der Waals surface area contributed by atoms with Crippen LogP contribution in [-0.4, -0.2) is 21.5 Å². The molecule has 0 bridgehead atoms. The number of nitrogens with zero attached hydrogens (tertiary/aromatic N) is 2. The predicted octanol–water partition coefficient (Wildman–Crippen LogP) is 1.78. The minimum atomic E-state index is 0.0815. The van der Waals surface area contributed by atoms with E-state index in [4.69, 9.17) is 0 Å².